The topological polar surface area (TPSA) is 69.9 Å². The molecule has 1 aromatic carbocycles. The van der Waals surface area contributed by atoms with Crippen LogP contribution in [0, 0.1) is 0 Å². The van der Waals surface area contributed by atoms with Gasteiger partial charge in [0.1, 0.15) is 5.82 Å². The van der Waals surface area contributed by atoms with Crippen LogP contribution in [-0.2, 0) is 6.54 Å². The Kier molecular flexibility index (Phi) is 2.69. The van der Waals surface area contributed by atoms with Crippen molar-refractivity contribution in [2.45, 2.75) is 6.54 Å². The van der Waals surface area contributed by atoms with E-state index in [0.717, 1.165) is 23.6 Å². The SMILES string of the molecule is NCCn1ccnc1-c1ccc(N)cc1. The summed E-state index contributed by atoms with van der Waals surface area (Å²) in [5.74, 6) is 0.931. The Hall–Kier alpha value is -1.81. The Labute approximate surface area is 88.5 Å². The molecule has 0 aliphatic heterocycles. The van der Waals surface area contributed by atoms with Gasteiger partial charge in [-0.1, -0.05) is 0 Å². The smallest absolute Gasteiger partial charge is 0.139 e. The van der Waals surface area contributed by atoms with E-state index in [-0.39, 0.29) is 0 Å². The second-order valence-corrected chi connectivity index (χ2v) is 3.35. The lowest BCUT2D eigenvalue weighted by Gasteiger charge is -2.06. The molecule has 0 bridgehead atoms. The minimum Gasteiger partial charge on any atom is -0.399 e. The summed E-state index contributed by atoms with van der Waals surface area (Å²) in [7, 11) is 0. The van der Waals surface area contributed by atoms with Gasteiger partial charge in [0.05, 0.1) is 0 Å². The lowest BCUT2D eigenvalue weighted by molar-refractivity contribution is 0.715. The van der Waals surface area contributed by atoms with Crippen molar-refractivity contribution >= 4 is 5.69 Å². The highest BCUT2D eigenvalue weighted by Gasteiger charge is 2.04. The molecule has 2 rings (SSSR count). The Morgan fingerprint density at radius 1 is 1.20 bits per heavy atom. The van der Waals surface area contributed by atoms with Gasteiger partial charge < -0.3 is 16.0 Å². The van der Waals surface area contributed by atoms with Crippen molar-refractivity contribution in [1.29, 1.82) is 0 Å². The number of nitrogens with two attached hydrogens (primary N) is 2. The van der Waals surface area contributed by atoms with Crippen LogP contribution in [0.5, 0.6) is 0 Å². The molecule has 4 nitrogen and oxygen atoms in total. The minimum absolute atomic E-state index is 0.609. The number of imidazole rings is 1. The number of aromatic nitrogens is 2. The summed E-state index contributed by atoms with van der Waals surface area (Å²) in [6, 6.07) is 7.67. The lowest BCUT2D eigenvalue weighted by Crippen LogP contribution is -2.10. The van der Waals surface area contributed by atoms with Crippen molar-refractivity contribution in [2.75, 3.05) is 12.3 Å². The maximum atomic E-state index is 5.63. The summed E-state index contributed by atoms with van der Waals surface area (Å²) in [5.41, 5.74) is 13.0. The van der Waals surface area contributed by atoms with Gasteiger partial charge in [0, 0.05) is 36.7 Å². The minimum atomic E-state index is 0.609. The Balaban J connectivity index is 2.36. The highest BCUT2D eigenvalue weighted by molar-refractivity contribution is 5.59. The van der Waals surface area contributed by atoms with Crippen LogP contribution in [0.1, 0.15) is 0 Å². The summed E-state index contributed by atoms with van der Waals surface area (Å²) < 4.78 is 2.03. The van der Waals surface area contributed by atoms with Gasteiger partial charge in [-0.05, 0) is 24.3 Å². The molecule has 78 valence electrons. The number of nitrogen functional groups attached to an aromatic ring is 1. The predicted molar refractivity (Wildman–Crippen MR) is 61.1 cm³/mol. The summed E-state index contributed by atoms with van der Waals surface area (Å²) in [5, 5.41) is 0. The second-order valence-electron chi connectivity index (χ2n) is 3.35. The molecule has 2 aromatic rings. The first-order chi connectivity index (χ1) is 7.31. The fourth-order valence-corrected chi connectivity index (χ4v) is 1.52. The van der Waals surface area contributed by atoms with Gasteiger partial charge in [-0.2, -0.15) is 0 Å². The fourth-order valence-electron chi connectivity index (χ4n) is 1.52. The number of anilines is 1. The predicted octanol–water partition coefficient (Wildman–Crippen LogP) is 1.09. The first kappa shape index (κ1) is 9.73. The number of benzene rings is 1. The molecule has 0 amide bonds. The van der Waals surface area contributed by atoms with Crippen molar-refractivity contribution < 1.29 is 0 Å². The average Bonchev–Trinajstić information content (AvgIpc) is 2.68. The van der Waals surface area contributed by atoms with Crippen LogP contribution < -0.4 is 11.5 Å². The molecule has 1 aromatic heterocycles. The largest absolute Gasteiger partial charge is 0.399 e. The molecule has 0 spiro atoms. The van der Waals surface area contributed by atoms with E-state index in [1.165, 1.54) is 0 Å². The quantitative estimate of drug-likeness (QED) is 0.732. The van der Waals surface area contributed by atoms with Gasteiger partial charge in [0.15, 0.2) is 0 Å². The molecule has 0 unspecified atom stereocenters. The number of rotatable bonds is 3. The number of hydrogen-bond donors (Lipinski definition) is 2. The highest BCUT2D eigenvalue weighted by atomic mass is 15.1. The normalized spacial score (nSPS) is 10.5. The van der Waals surface area contributed by atoms with Gasteiger partial charge in [0.2, 0.25) is 0 Å². The molecule has 4 N–H and O–H groups in total. The molecular formula is C11H14N4. The van der Waals surface area contributed by atoms with Gasteiger partial charge in [0.25, 0.3) is 0 Å². The maximum absolute atomic E-state index is 5.63. The van der Waals surface area contributed by atoms with E-state index in [2.05, 4.69) is 4.98 Å². The summed E-state index contributed by atoms with van der Waals surface area (Å²) in [6.07, 6.45) is 3.71. The molecule has 0 aliphatic rings. The van der Waals surface area contributed by atoms with Gasteiger partial charge in [-0.25, -0.2) is 4.98 Å². The zero-order valence-electron chi connectivity index (χ0n) is 8.43. The van der Waals surface area contributed by atoms with Crippen LogP contribution in [0.2, 0.25) is 0 Å². The maximum Gasteiger partial charge on any atom is 0.139 e. The van der Waals surface area contributed by atoms with Crippen LogP contribution in [0.4, 0.5) is 5.69 Å². The first-order valence-electron chi connectivity index (χ1n) is 4.88. The van der Waals surface area contributed by atoms with Crippen molar-refractivity contribution in [1.82, 2.24) is 9.55 Å². The fraction of sp³-hybridized carbons (Fsp3) is 0.182. The lowest BCUT2D eigenvalue weighted by atomic mass is 10.2. The number of hydrogen-bond acceptors (Lipinski definition) is 3. The second kappa shape index (κ2) is 4.14. The monoisotopic (exact) mass is 202 g/mol. The van der Waals surface area contributed by atoms with Crippen molar-refractivity contribution in [3.8, 4) is 11.4 Å². The van der Waals surface area contributed by atoms with Gasteiger partial charge in [-0.3, -0.25) is 0 Å². The van der Waals surface area contributed by atoms with E-state index in [4.69, 9.17) is 11.5 Å². The Morgan fingerprint density at radius 3 is 2.60 bits per heavy atom. The Morgan fingerprint density at radius 2 is 1.93 bits per heavy atom. The zero-order chi connectivity index (χ0) is 10.7. The molecule has 0 saturated heterocycles. The van der Waals surface area contributed by atoms with Crippen LogP contribution in [-0.4, -0.2) is 16.1 Å². The molecule has 4 heteroatoms. The zero-order valence-corrected chi connectivity index (χ0v) is 8.43. The van der Waals surface area contributed by atoms with E-state index in [0.29, 0.717) is 6.54 Å². The third kappa shape index (κ3) is 1.99. The summed E-state index contributed by atoms with van der Waals surface area (Å²) in [4.78, 5) is 4.30. The first-order valence-corrected chi connectivity index (χ1v) is 4.88. The van der Waals surface area contributed by atoms with Crippen LogP contribution >= 0.6 is 0 Å². The van der Waals surface area contributed by atoms with Crippen molar-refractivity contribution in [3.63, 3.8) is 0 Å². The standard InChI is InChI=1S/C11H14N4/c12-5-7-15-8-6-14-11(15)9-1-3-10(13)4-2-9/h1-4,6,8H,5,7,12-13H2. The summed E-state index contributed by atoms with van der Waals surface area (Å²) in [6.45, 7) is 1.39. The van der Waals surface area contributed by atoms with E-state index >= 15 is 0 Å². The summed E-state index contributed by atoms with van der Waals surface area (Å²) >= 11 is 0. The van der Waals surface area contributed by atoms with Crippen LogP contribution in [0.15, 0.2) is 36.7 Å². The molecule has 0 atom stereocenters. The molecule has 0 aliphatic carbocycles. The number of nitrogens with zero attached hydrogens (tertiary/aromatic N) is 2. The Bertz CT molecular complexity index is 430. The van der Waals surface area contributed by atoms with E-state index in [1.807, 2.05) is 35.0 Å². The third-order valence-corrected chi connectivity index (χ3v) is 2.25. The van der Waals surface area contributed by atoms with Gasteiger partial charge >= 0.3 is 0 Å². The molecular weight excluding hydrogens is 188 g/mol. The average molecular weight is 202 g/mol. The highest BCUT2D eigenvalue weighted by Crippen LogP contribution is 2.18. The van der Waals surface area contributed by atoms with Crippen molar-refractivity contribution in [2.24, 2.45) is 5.73 Å². The third-order valence-electron chi connectivity index (χ3n) is 2.25. The van der Waals surface area contributed by atoms with Crippen molar-refractivity contribution in [3.05, 3.63) is 36.7 Å². The van der Waals surface area contributed by atoms with Crippen LogP contribution in [0.3, 0.4) is 0 Å². The molecule has 15 heavy (non-hydrogen) atoms. The molecule has 0 radical (unpaired) electrons. The van der Waals surface area contributed by atoms with E-state index < -0.39 is 0 Å². The van der Waals surface area contributed by atoms with Gasteiger partial charge in [-0.15, -0.1) is 0 Å². The molecule has 1 heterocycles. The van der Waals surface area contributed by atoms with Crippen LogP contribution in [0.25, 0.3) is 11.4 Å². The molecule has 0 fully saturated rings. The molecule has 0 saturated carbocycles. The van der Waals surface area contributed by atoms with E-state index in [1.54, 1.807) is 6.20 Å². The van der Waals surface area contributed by atoms with E-state index in [9.17, 15) is 0 Å².